The summed E-state index contributed by atoms with van der Waals surface area (Å²) in [6.45, 7) is 4.92. The van der Waals surface area contributed by atoms with E-state index in [9.17, 15) is 0 Å². The lowest BCUT2D eigenvalue weighted by molar-refractivity contribution is 0.0937. The normalized spacial score (nSPS) is 29.4. The molecule has 0 radical (unpaired) electrons. The Hall–Kier alpha value is -0.190. The molecule has 0 aliphatic carbocycles. The molecule has 3 nitrogen and oxygen atoms in total. The van der Waals surface area contributed by atoms with E-state index in [2.05, 4.69) is 17.1 Å². The molecule has 3 unspecified atom stereocenters. The van der Waals surface area contributed by atoms with Crippen molar-refractivity contribution < 1.29 is 4.74 Å². The molecule has 0 bridgehead atoms. The van der Waals surface area contributed by atoms with Crippen LogP contribution in [0.3, 0.4) is 0 Å². The van der Waals surface area contributed by atoms with Gasteiger partial charge in [-0.3, -0.25) is 0 Å². The summed E-state index contributed by atoms with van der Waals surface area (Å²) in [6.07, 6.45) is 1.24. The van der Waals surface area contributed by atoms with Crippen molar-refractivity contribution in [1.29, 1.82) is 0 Å². The monoisotopic (exact) mass is 232 g/mol. The number of halogens is 1. The predicted octanol–water partition coefficient (Wildman–Crippen LogP) is 2.94. The fourth-order valence-electron chi connectivity index (χ4n) is 1.53. The molecular weight excluding hydrogens is 220 g/mol. The summed E-state index contributed by atoms with van der Waals surface area (Å²) >= 11 is 7.49. The Balaban J connectivity index is 2.16. The first kappa shape index (κ1) is 10.3. The van der Waals surface area contributed by atoms with Crippen LogP contribution in [0.1, 0.15) is 41.8 Å². The van der Waals surface area contributed by atoms with Crippen molar-refractivity contribution in [1.82, 2.24) is 10.2 Å². The van der Waals surface area contributed by atoms with Gasteiger partial charge in [-0.2, -0.15) is 0 Å². The molecule has 1 saturated heterocycles. The van der Waals surface area contributed by atoms with E-state index in [1.807, 2.05) is 6.92 Å². The van der Waals surface area contributed by atoms with E-state index in [1.54, 1.807) is 11.3 Å². The summed E-state index contributed by atoms with van der Waals surface area (Å²) in [7, 11) is 0. The van der Waals surface area contributed by atoms with Gasteiger partial charge in [-0.1, -0.05) is 18.3 Å². The lowest BCUT2D eigenvalue weighted by Gasteiger charge is -2.09. The molecule has 1 aromatic heterocycles. The van der Waals surface area contributed by atoms with Crippen LogP contribution in [0.25, 0.3) is 0 Å². The molecule has 0 aromatic carbocycles. The van der Waals surface area contributed by atoms with Gasteiger partial charge in [0.2, 0.25) is 0 Å². The van der Waals surface area contributed by atoms with Crippen LogP contribution in [-0.2, 0) is 4.74 Å². The highest BCUT2D eigenvalue weighted by Crippen LogP contribution is 2.36. The minimum atomic E-state index is -0.0574. The smallest absolute Gasteiger partial charge is 0.146 e. The molecule has 2 heterocycles. The van der Waals surface area contributed by atoms with Gasteiger partial charge in [0.05, 0.1) is 5.38 Å². The Morgan fingerprint density at radius 1 is 1.57 bits per heavy atom. The Labute approximate surface area is 92.4 Å². The zero-order valence-electron chi connectivity index (χ0n) is 8.24. The van der Waals surface area contributed by atoms with Crippen LogP contribution in [0.2, 0.25) is 0 Å². The van der Waals surface area contributed by atoms with Crippen LogP contribution in [0.4, 0.5) is 0 Å². The van der Waals surface area contributed by atoms with Gasteiger partial charge < -0.3 is 4.74 Å². The number of hydrogen-bond donors (Lipinski definition) is 0. The van der Waals surface area contributed by atoms with Crippen molar-refractivity contribution in [3.05, 3.63) is 10.0 Å². The number of alkyl halides is 1. The predicted molar refractivity (Wildman–Crippen MR) is 56.7 cm³/mol. The maximum absolute atomic E-state index is 5.93. The Morgan fingerprint density at radius 3 is 2.86 bits per heavy atom. The molecule has 0 N–H and O–H groups in total. The van der Waals surface area contributed by atoms with Crippen LogP contribution in [0.5, 0.6) is 0 Å². The average molecular weight is 233 g/mol. The molecule has 0 amide bonds. The highest BCUT2D eigenvalue weighted by molar-refractivity contribution is 7.11. The van der Waals surface area contributed by atoms with E-state index >= 15 is 0 Å². The highest BCUT2D eigenvalue weighted by atomic mass is 35.5. The van der Waals surface area contributed by atoms with Gasteiger partial charge in [-0.25, -0.2) is 0 Å². The minimum Gasteiger partial charge on any atom is -0.371 e. The Bertz CT molecular complexity index is 316. The average Bonchev–Trinajstić information content (AvgIpc) is 2.71. The summed E-state index contributed by atoms with van der Waals surface area (Å²) in [4.78, 5) is 0. The van der Waals surface area contributed by atoms with Crippen molar-refractivity contribution >= 4 is 22.9 Å². The van der Waals surface area contributed by atoms with E-state index < -0.39 is 0 Å². The third-order valence-corrected chi connectivity index (χ3v) is 3.93. The standard InChI is InChI=1S/C9H13ClN2OS/c1-5-3-4-13-7(5)9-12-11-8(14-9)6(2)10/h5-7H,3-4H2,1-2H3. The van der Waals surface area contributed by atoms with Crippen molar-refractivity contribution in [2.24, 2.45) is 5.92 Å². The SMILES string of the molecule is CC(Cl)c1nnc(C2OCCC2C)s1. The maximum Gasteiger partial charge on any atom is 0.146 e. The van der Waals surface area contributed by atoms with Gasteiger partial charge in [0.15, 0.2) is 0 Å². The first-order valence-corrected chi connectivity index (χ1v) is 6.02. The van der Waals surface area contributed by atoms with Crippen LogP contribution in [-0.4, -0.2) is 16.8 Å². The first-order chi connectivity index (χ1) is 6.68. The molecule has 1 aliphatic rings. The molecule has 1 aliphatic heterocycles. The summed E-state index contributed by atoms with van der Waals surface area (Å²) in [5.74, 6) is 0.543. The largest absolute Gasteiger partial charge is 0.371 e. The Morgan fingerprint density at radius 2 is 2.36 bits per heavy atom. The lowest BCUT2D eigenvalue weighted by Crippen LogP contribution is -2.02. The van der Waals surface area contributed by atoms with Gasteiger partial charge in [0, 0.05) is 6.61 Å². The lowest BCUT2D eigenvalue weighted by atomic mass is 10.1. The number of ether oxygens (including phenoxy) is 1. The molecule has 5 heteroatoms. The molecule has 0 spiro atoms. The minimum absolute atomic E-state index is 0.0574. The van der Waals surface area contributed by atoms with E-state index in [0.29, 0.717) is 5.92 Å². The highest BCUT2D eigenvalue weighted by Gasteiger charge is 2.29. The van der Waals surface area contributed by atoms with Gasteiger partial charge >= 0.3 is 0 Å². The molecule has 3 atom stereocenters. The van der Waals surface area contributed by atoms with Crippen LogP contribution in [0.15, 0.2) is 0 Å². The molecular formula is C9H13ClN2OS. The van der Waals surface area contributed by atoms with Crippen molar-refractivity contribution in [2.45, 2.75) is 31.7 Å². The molecule has 1 aromatic rings. The number of aromatic nitrogens is 2. The number of rotatable bonds is 2. The molecule has 1 fully saturated rings. The van der Waals surface area contributed by atoms with E-state index in [-0.39, 0.29) is 11.5 Å². The second kappa shape index (κ2) is 4.13. The fourth-order valence-corrected chi connectivity index (χ4v) is 2.67. The zero-order chi connectivity index (χ0) is 10.1. The second-order valence-electron chi connectivity index (χ2n) is 3.65. The van der Waals surface area contributed by atoms with Crippen molar-refractivity contribution in [2.75, 3.05) is 6.61 Å². The third kappa shape index (κ3) is 1.92. The van der Waals surface area contributed by atoms with Crippen LogP contribution in [0, 0.1) is 5.92 Å². The number of nitrogens with zero attached hydrogens (tertiary/aromatic N) is 2. The van der Waals surface area contributed by atoms with Gasteiger partial charge in [0.1, 0.15) is 16.1 Å². The maximum atomic E-state index is 5.93. The molecule has 78 valence electrons. The van der Waals surface area contributed by atoms with E-state index in [1.165, 1.54) is 0 Å². The van der Waals surface area contributed by atoms with Crippen molar-refractivity contribution in [3.8, 4) is 0 Å². The third-order valence-electron chi connectivity index (χ3n) is 2.43. The van der Waals surface area contributed by atoms with Crippen LogP contribution >= 0.6 is 22.9 Å². The zero-order valence-corrected chi connectivity index (χ0v) is 9.81. The first-order valence-electron chi connectivity index (χ1n) is 4.77. The summed E-state index contributed by atoms with van der Waals surface area (Å²) in [5, 5.41) is 9.97. The fraction of sp³-hybridized carbons (Fsp3) is 0.778. The van der Waals surface area contributed by atoms with E-state index in [4.69, 9.17) is 16.3 Å². The summed E-state index contributed by atoms with van der Waals surface area (Å²) in [6, 6.07) is 0. The molecule has 2 rings (SSSR count). The van der Waals surface area contributed by atoms with Crippen LogP contribution < -0.4 is 0 Å². The quantitative estimate of drug-likeness (QED) is 0.736. The van der Waals surface area contributed by atoms with E-state index in [0.717, 1.165) is 23.0 Å². The second-order valence-corrected chi connectivity index (χ2v) is 5.35. The number of hydrogen-bond acceptors (Lipinski definition) is 4. The topological polar surface area (TPSA) is 35.0 Å². The van der Waals surface area contributed by atoms with Gasteiger partial charge in [-0.05, 0) is 19.3 Å². The summed E-state index contributed by atoms with van der Waals surface area (Å²) < 4.78 is 5.61. The Kier molecular flexibility index (Phi) is 3.04. The summed E-state index contributed by atoms with van der Waals surface area (Å²) in [5.41, 5.74) is 0. The molecule has 14 heavy (non-hydrogen) atoms. The van der Waals surface area contributed by atoms with Crippen molar-refractivity contribution in [3.63, 3.8) is 0 Å². The van der Waals surface area contributed by atoms with Gasteiger partial charge in [0.25, 0.3) is 0 Å². The van der Waals surface area contributed by atoms with Gasteiger partial charge in [-0.15, -0.1) is 21.8 Å². The molecule has 0 saturated carbocycles.